The van der Waals surface area contributed by atoms with E-state index in [0.29, 0.717) is 5.78 Å². The number of carbonyl (C=O) groups excluding carboxylic acids is 1. The van der Waals surface area contributed by atoms with Crippen LogP contribution in [0, 0.1) is 5.92 Å². The van der Waals surface area contributed by atoms with E-state index < -0.39 is 0 Å². The van der Waals surface area contributed by atoms with Crippen LogP contribution in [-0.4, -0.2) is 29.8 Å². The van der Waals surface area contributed by atoms with Gasteiger partial charge in [-0.2, -0.15) is 0 Å². The molecule has 0 spiro atoms. The van der Waals surface area contributed by atoms with Crippen LogP contribution in [-0.2, 0) is 4.79 Å². The summed E-state index contributed by atoms with van der Waals surface area (Å²) < 4.78 is 0. The van der Waals surface area contributed by atoms with Gasteiger partial charge in [0.15, 0.2) is 5.78 Å². The van der Waals surface area contributed by atoms with Gasteiger partial charge >= 0.3 is 0 Å². The maximum Gasteiger partial charge on any atom is 0.155 e. The van der Waals surface area contributed by atoms with Crippen molar-refractivity contribution in [2.45, 2.75) is 24.9 Å². The molecule has 2 N–H and O–H groups in total. The van der Waals surface area contributed by atoms with Crippen LogP contribution >= 0.6 is 0 Å². The Morgan fingerprint density at radius 2 is 1.82 bits per heavy atom. The van der Waals surface area contributed by atoms with Crippen LogP contribution in [0.3, 0.4) is 0 Å². The number of nitrogens with two attached hydrogens (primary N) is 1. The summed E-state index contributed by atoms with van der Waals surface area (Å²) in [6, 6.07) is 9.71. The summed E-state index contributed by atoms with van der Waals surface area (Å²) in [7, 11) is 0. The molecule has 2 bridgehead atoms. The largest absolute Gasteiger partial charge is 0.322 e. The van der Waals surface area contributed by atoms with Crippen LogP contribution < -0.4 is 5.73 Å². The molecule has 3 aliphatic rings. The molecule has 1 aromatic carbocycles. The fraction of sp³-hybridized carbons (Fsp3) is 0.500. The minimum absolute atomic E-state index is 0.0927. The van der Waals surface area contributed by atoms with Crippen LogP contribution in [0.15, 0.2) is 30.3 Å². The Labute approximate surface area is 102 Å². The Morgan fingerprint density at radius 1 is 1.18 bits per heavy atom. The van der Waals surface area contributed by atoms with Crippen molar-refractivity contribution in [1.82, 2.24) is 4.90 Å². The van der Waals surface area contributed by atoms with Crippen molar-refractivity contribution in [2.24, 2.45) is 11.7 Å². The van der Waals surface area contributed by atoms with Crippen molar-refractivity contribution in [3.8, 4) is 0 Å². The summed E-state index contributed by atoms with van der Waals surface area (Å²) in [6.45, 7) is 2.06. The average molecular weight is 230 g/mol. The van der Waals surface area contributed by atoms with Crippen LogP contribution in [0.25, 0.3) is 0 Å². The summed E-state index contributed by atoms with van der Waals surface area (Å²) in [5.41, 5.74) is 7.35. The van der Waals surface area contributed by atoms with E-state index >= 15 is 0 Å². The SMILES string of the molecule is NC(c1ccccc1)C1C(=O)C2CCN1CC2. The third-order valence-electron chi connectivity index (χ3n) is 4.14. The van der Waals surface area contributed by atoms with E-state index in [4.69, 9.17) is 5.73 Å². The molecule has 4 rings (SSSR count). The monoisotopic (exact) mass is 230 g/mol. The maximum absolute atomic E-state index is 12.3. The minimum Gasteiger partial charge on any atom is -0.322 e. The van der Waals surface area contributed by atoms with Crippen molar-refractivity contribution < 1.29 is 4.79 Å². The summed E-state index contributed by atoms with van der Waals surface area (Å²) in [5, 5.41) is 0. The van der Waals surface area contributed by atoms with Crippen molar-refractivity contribution >= 4 is 5.78 Å². The van der Waals surface area contributed by atoms with Crippen molar-refractivity contribution in [3.05, 3.63) is 35.9 Å². The molecule has 3 aliphatic heterocycles. The molecule has 3 nitrogen and oxygen atoms in total. The smallest absolute Gasteiger partial charge is 0.155 e. The first-order valence-electron chi connectivity index (χ1n) is 6.35. The molecule has 0 aliphatic carbocycles. The Morgan fingerprint density at radius 3 is 2.41 bits per heavy atom. The van der Waals surface area contributed by atoms with Crippen LogP contribution in [0.1, 0.15) is 24.4 Å². The van der Waals surface area contributed by atoms with Gasteiger partial charge in [-0.3, -0.25) is 9.69 Å². The number of nitrogens with zero attached hydrogens (tertiary/aromatic N) is 1. The van der Waals surface area contributed by atoms with E-state index in [2.05, 4.69) is 4.90 Å². The highest BCUT2D eigenvalue weighted by atomic mass is 16.1. The number of piperidine rings is 3. The Kier molecular flexibility index (Phi) is 2.73. The number of carbonyl (C=O) groups is 1. The highest BCUT2D eigenvalue weighted by Crippen LogP contribution is 2.34. The van der Waals surface area contributed by atoms with E-state index in [1.165, 1.54) is 0 Å². The molecule has 0 radical (unpaired) electrons. The maximum atomic E-state index is 12.3. The molecule has 90 valence electrons. The molecule has 3 heteroatoms. The number of hydrogen-bond donors (Lipinski definition) is 1. The molecular weight excluding hydrogens is 212 g/mol. The van der Waals surface area contributed by atoms with Crippen LogP contribution in [0.2, 0.25) is 0 Å². The lowest BCUT2D eigenvalue weighted by atomic mass is 9.78. The van der Waals surface area contributed by atoms with Gasteiger partial charge in [0, 0.05) is 5.92 Å². The van der Waals surface area contributed by atoms with Crippen molar-refractivity contribution in [1.29, 1.82) is 0 Å². The normalized spacial score (nSPS) is 33.7. The van der Waals surface area contributed by atoms with Gasteiger partial charge < -0.3 is 5.73 Å². The van der Waals surface area contributed by atoms with Crippen molar-refractivity contribution in [2.75, 3.05) is 13.1 Å². The lowest BCUT2D eigenvalue weighted by Crippen LogP contribution is -2.59. The Bertz CT molecular complexity index is 409. The highest BCUT2D eigenvalue weighted by molar-refractivity contribution is 5.88. The number of ketones is 1. The van der Waals surface area contributed by atoms with Gasteiger partial charge in [-0.05, 0) is 31.5 Å². The highest BCUT2D eigenvalue weighted by Gasteiger charge is 2.43. The molecule has 2 unspecified atom stereocenters. The van der Waals surface area contributed by atoms with Gasteiger partial charge in [0.1, 0.15) is 0 Å². The van der Waals surface area contributed by atoms with E-state index in [0.717, 1.165) is 31.5 Å². The first-order valence-corrected chi connectivity index (χ1v) is 6.35. The van der Waals surface area contributed by atoms with Gasteiger partial charge in [0.2, 0.25) is 0 Å². The van der Waals surface area contributed by atoms with E-state index in [1.807, 2.05) is 30.3 Å². The fourth-order valence-electron chi connectivity index (χ4n) is 3.15. The number of rotatable bonds is 2. The van der Waals surface area contributed by atoms with E-state index in [1.54, 1.807) is 0 Å². The Balaban J connectivity index is 1.87. The molecule has 2 atom stereocenters. The lowest BCUT2D eigenvalue weighted by Gasteiger charge is -2.46. The molecule has 3 saturated heterocycles. The molecule has 0 amide bonds. The summed E-state index contributed by atoms with van der Waals surface area (Å²) in [4.78, 5) is 14.5. The molecule has 3 fully saturated rings. The molecule has 17 heavy (non-hydrogen) atoms. The summed E-state index contributed by atoms with van der Waals surface area (Å²) in [6.07, 6.45) is 2.05. The number of benzene rings is 1. The molecule has 0 aromatic heterocycles. The molecule has 1 aromatic rings. The first kappa shape index (κ1) is 10.9. The predicted molar refractivity (Wildman–Crippen MR) is 66.5 cm³/mol. The fourth-order valence-corrected chi connectivity index (χ4v) is 3.15. The van der Waals surface area contributed by atoms with Gasteiger partial charge in [-0.15, -0.1) is 0 Å². The zero-order chi connectivity index (χ0) is 11.8. The average Bonchev–Trinajstić information content (AvgIpc) is 2.40. The van der Waals surface area contributed by atoms with E-state index in [-0.39, 0.29) is 18.0 Å². The second-order valence-corrected chi connectivity index (χ2v) is 5.09. The predicted octanol–water partition coefficient (Wildman–Crippen LogP) is 1.35. The quantitative estimate of drug-likeness (QED) is 0.834. The van der Waals surface area contributed by atoms with Crippen LogP contribution in [0.4, 0.5) is 0 Å². The molecule has 3 heterocycles. The van der Waals surface area contributed by atoms with Gasteiger partial charge in [0.25, 0.3) is 0 Å². The number of Topliss-reactive ketones (excluding diaryl/α,β-unsaturated/α-hetero) is 1. The summed E-state index contributed by atoms with van der Waals surface area (Å²) in [5.74, 6) is 0.624. The van der Waals surface area contributed by atoms with Gasteiger partial charge in [-0.25, -0.2) is 0 Å². The second kappa shape index (κ2) is 4.24. The minimum atomic E-state index is -0.174. The third-order valence-corrected chi connectivity index (χ3v) is 4.14. The lowest BCUT2D eigenvalue weighted by molar-refractivity contribution is -0.138. The van der Waals surface area contributed by atoms with Gasteiger partial charge in [-0.1, -0.05) is 30.3 Å². The first-order chi connectivity index (χ1) is 8.27. The summed E-state index contributed by atoms with van der Waals surface area (Å²) >= 11 is 0. The molecular formula is C14H18N2O. The zero-order valence-corrected chi connectivity index (χ0v) is 9.88. The zero-order valence-electron chi connectivity index (χ0n) is 9.88. The topological polar surface area (TPSA) is 46.3 Å². The van der Waals surface area contributed by atoms with Crippen molar-refractivity contribution in [3.63, 3.8) is 0 Å². The standard InChI is InChI=1S/C14H18N2O/c15-12(10-4-2-1-3-5-10)13-14(17)11-6-8-16(13)9-7-11/h1-5,11-13H,6-9,15H2. The van der Waals surface area contributed by atoms with Crippen LogP contribution in [0.5, 0.6) is 0 Å². The third kappa shape index (κ3) is 1.79. The van der Waals surface area contributed by atoms with Gasteiger partial charge in [0.05, 0.1) is 12.1 Å². The number of fused-ring (bicyclic) bond motifs is 3. The number of hydrogen-bond acceptors (Lipinski definition) is 3. The second-order valence-electron chi connectivity index (χ2n) is 5.09. The Hall–Kier alpha value is -1.19. The molecule has 0 saturated carbocycles. The van der Waals surface area contributed by atoms with E-state index in [9.17, 15) is 4.79 Å².